The van der Waals surface area contributed by atoms with Crippen LogP contribution in [-0.4, -0.2) is 36.8 Å². The second kappa shape index (κ2) is 8.28. The lowest BCUT2D eigenvalue weighted by atomic mass is 10.1. The zero-order valence-corrected chi connectivity index (χ0v) is 16.9. The van der Waals surface area contributed by atoms with Gasteiger partial charge in [-0.15, -0.1) is 0 Å². The fourth-order valence-corrected chi connectivity index (χ4v) is 3.31. The van der Waals surface area contributed by atoms with Crippen LogP contribution >= 0.6 is 0 Å². The molecule has 0 aliphatic carbocycles. The monoisotopic (exact) mass is 407 g/mol. The highest BCUT2D eigenvalue weighted by molar-refractivity contribution is 6.06. The first-order valence-electron chi connectivity index (χ1n) is 9.40. The minimum Gasteiger partial charge on any atom is -0.497 e. The Labute approximate surface area is 172 Å². The van der Waals surface area contributed by atoms with E-state index in [0.29, 0.717) is 46.8 Å². The molecule has 0 bridgehead atoms. The van der Waals surface area contributed by atoms with Gasteiger partial charge >= 0.3 is 0 Å². The number of methoxy groups -OCH3 is 2. The van der Waals surface area contributed by atoms with E-state index in [0.717, 1.165) is 17.1 Å². The Morgan fingerprint density at radius 1 is 1.17 bits per heavy atom. The number of hydrogen-bond acceptors (Lipinski definition) is 7. The van der Waals surface area contributed by atoms with Crippen LogP contribution in [0.2, 0.25) is 0 Å². The van der Waals surface area contributed by atoms with Crippen molar-refractivity contribution in [3.8, 4) is 23.0 Å². The van der Waals surface area contributed by atoms with Crippen molar-refractivity contribution >= 4 is 17.0 Å². The van der Waals surface area contributed by atoms with Crippen LogP contribution in [0.1, 0.15) is 21.6 Å². The Morgan fingerprint density at radius 2 is 2.03 bits per heavy atom. The van der Waals surface area contributed by atoms with Gasteiger partial charge in [-0.05, 0) is 55.3 Å². The molecule has 154 valence electrons. The summed E-state index contributed by atoms with van der Waals surface area (Å²) < 4.78 is 21.4. The number of aromatic nitrogens is 2. The number of carbonyl (C=O) groups excluding carboxylic acids is 1. The molecule has 30 heavy (non-hydrogen) atoms. The van der Waals surface area contributed by atoms with Crippen molar-refractivity contribution in [3.63, 3.8) is 0 Å². The van der Waals surface area contributed by atoms with Crippen molar-refractivity contribution < 1.29 is 23.2 Å². The van der Waals surface area contributed by atoms with Crippen LogP contribution in [0.5, 0.6) is 11.5 Å². The Kier molecular flexibility index (Phi) is 5.38. The zero-order chi connectivity index (χ0) is 21.1. The smallest absolute Gasteiger partial charge is 0.259 e. The summed E-state index contributed by atoms with van der Waals surface area (Å²) >= 11 is 0. The highest BCUT2D eigenvalue weighted by Gasteiger charge is 2.20. The maximum Gasteiger partial charge on any atom is 0.259 e. The largest absolute Gasteiger partial charge is 0.497 e. The number of furan rings is 1. The number of hydrogen-bond donors (Lipinski definition) is 1. The summed E-state index contributed by atoms with van der Waals surface area (Å²) in [5.41, 5.74) is 2.77. The van der Waals surface area contributed by atoms with Gasteiger partial charge in [0.2, 0.25) is 0 Å². The Bertz CT molecular complexity index is 1180. The van der Waals surface area contributed by atoms with E-state index in [-0.39, 0.29) is 5.91 Å². The second-order valence-electron chi connectivity index (χ2n) is 6.66. The molecule has 1 amide bonds. The molecule has 4 rings (SSSR count). The molecule has 0 aliphatic heterocycles. The fourth-order valence-electron chi connectivity index (χ4n) is 3.31. The lowest BCUT2D eigenvalue weighted by molar-refractivity contribution is 0.0955. The van der Waals surface area contributed by atoms with Crippen molar-refractivity contribution in [3.05, 3.63) is 59.5 Å². The van der Waals surface area contributed by atoms with E-state index >= 15 is 0 Å². The van der Waals surface area contributed by atoms with Gasteiger partial charge in [0.25, 0.3) is 11.6 Å². The minimum absolute atomic E-state index is 0.247. The van der Waals surface area contributed by atoms with Gasteiger partial charge in [-0.1, -0.05) is 5.16 Å². The first-order chi connectivity index (χ1) is 14.6. The average Bonchev–Trinajstić information content (AvgIpc) is 3.43. The minimum atomic E-state index is -0.247. The first-order valence-corrected chi connectivity index (χ1v) is 9.40. The van der Waals surface area contributed by atoms with Crippen molar-refractivity contribution in [2.24, 2.45) is 0 Å². The summed E-state index contributed by atoms with van der Waals surface area (Å²) in [4.78, 5) is 17.4. The molecule has 0 spiro atoms. The van der Waals surface area contributed by atoms with E-state index in [1.54, 1.807) is 45.6 Å². The van der Waals surface area contributed by atoms with E-state index in [2.05, 4.69) is 15.5 Å². The molecule has 0 atom stereocenters. The number of nitrogens with zero attached hydrogens (tertiary/aromatic N) is 2. The molecule has 1 aromatic carbocycles. The third kappa shape index (κ3) is 3.71. The van der Waals surface area contributed by atoms with Crippen LogP contribution in [0.25, 0.3) is 22.6 Å². The van der Waals surface area contributed by atoms with Crippen LogP contribution in [0.15, 0.2) is 51.6 Å². The number of aryl methyl sites for hydroxylation is 1. The molecule has 0 radical (unpaired) electrons. The lowest BCUT2D eigenvalue weighted by Gasteiger charge is -2.11. The Morgan fingerprint density at radius 3 is 2.77 bits per heavy atom. The second-order valence-corrected chi connectivity index (χ2v) is 6.66. The van der Waals surface area contributed by atoms with Gasteiger partial charge in [0.05, 0.1) is 37.1 Å². The highest BCUT2D eigenvalue weighted by atomic mass is 16.5. The number of ether oxygens (including phenoxy) is 2. The Balaban J connectivity index is 1.57. The summed E-state index contributed by atoms with van der Waals surface area (Å²) in [5.74, 6) is 1.77. The molecule has 3 aromatic heterocycles. The van der Waals surface area contributed by atoms with E-state index in [1.807, 2.05) is 18.2 Å². The number of nitrogens with one attached hydrogen (secondary N) is 1. The number of fused-ring (bicyclic) bond motifs is 1. The molecule has 0 saturated carbocycles. The molecule has 1 N–H and O–H groups in total. The third-order valence-corrected chi connectivity index (χ3v) is 4.80. The van der Waals surface area contributed by atoms with Gasteiger partial charge in [0, 0.05) is 6.54 Å². The molecule has 0 unspecified atom stereocenters. The van der Waals surface area contributed by atoms with Crippen LogP contribution in [0.3, 0.4) is 0 Å². The van der Waals surface area contributed by atoms with E-state index in [1.165, 1.54) is 0 Å². The van der Waals surface area contributed by atoms with E-state index in [4.69, 9.17) is 18.4 Å². The maximum atomic E-state index is 13.0. The summed E-state index contributed by atoms with van der Waals surface area (Å²) in [7, 11) is 3.22. The molecule has 8 heteroatoms. The molecular formula is C22H21N3O5. The van der Waals surface area contributed by atoms with Gasteiger partial charge in [0.15, 0.2) is 5.76 Å². The Hall–Kier alpha value is -3.81. The van der Waals surface area contributed by atoms with Crippen molar-refractivity contribution in [1.82, 2.24) is 15.5 Å². The highest BCUT2D eigenvalue weighted by Crippen LogP contribution is 2.27. The van der Waals surface area contributed by atoms with Gasteiger partial charge in [-0.3, -0.25) is 4.79 Å². The predicted molar refractivity (Wildman–Crippen MR) is 110 cm³/mol. The number of rotatable bonds is 7. The SMILES string of the molecule is COc1ccc(OC)c(CCNC(=O)c2cc(-c3ccco3)nc3onc(C)c23)c1. The molecule has 4 aromatic rings. The van der Waals surface area contributed by atoms with Crippen molar-refractivity contribution in [1.29, 1.82) is 0 Å². The quantitative estimate of drug-likeness (QED) is 0.498. The number of benzene rings is 1. The van der Waals surface area contributed by atoms with Gasteiger partial charge in [0.1, 0.15) is 17.2 Å². The summed E-state index contributed by atoms with van der Waals surface area (Å²) in [5, 5.41) is 7.49. The summed E-state index contributed by atoms with van der Waals surface area (Å²) in [6.45, 7) is 2.19. The molecule has 0 fully saturated rings. The van der Waals surface area contributed by atoms with Crippen LogP contribution < -0.4 is 14.8 Å². The lowest BCUT2D eigenvalue weighted by Crippen LogP contribution is -2.26. The van der Waals surface area contributed by atoms with Crippen LogP contribution in [0.4, 0.5) is 0 Å². The maximum absolute atomic E-state index is 13.0. The van der Waals surface area contributed by atoms with Gasteiger partial charge < -0.3 is 23.7 Å². The number of amides is 1. The standard InChI is InChI=1S/C22H21N3O5/c1-13-20-16(12-17(19-5-4-10-29-19)24-22(20)30-25-13)21(26)23-9-8-14-11-15(27-2)6-7-18(14)28-3/h4-7,10-12H,8-9H2,1-3H3,(H,23,26). The van der Waals surface area contributed by atoms with Crippen LogP contribution in [0, 0.1) is 6.92 Å². The molecule has 0 saturated heterocycles. The van der Waals surface area contributed by atoms with E-state index in [9.17, 15) is 4.79 Å². The molecule has 3 heterocycles. The number of pyridine rings is 1. The molecular weight excluding hydrogens is 386 g/mol. The molecule has 8 nitrogen and oxygen atoms in total. The fraction of sp³-hybridized carbons (Fsp3) is 0.227. The first kappa shape index (κ1) is 19.5. The summed E-state index contributed by atoms with van der Waals surface area (Å²) in [6, 6.07) is 10.8. The predicted octanol–water partition coefficient (Wildman–Crippen LogP) is 3.78. The third-order valence-electron chi connectivity index (χ3n) is 4.80. The topological polar surface area (TPSA) is 99.6 Å². The van der Waals surface area contributed by atoms with Gasteiger partial charge in [-0.25, -0.2) is 4.98 Å². The normalized spacial score (nSPS) is 10.9. The van der Waals surface area contributed by atoms with Crippen molar-refractivity contribution in [2.75, 3.05) is 20.8 Å². The average molecular weight is 407 g/mol. The van der Waals surface area contributed by atoms with Gasteiger partial charge in [-0.2, -0.15) is 0 Å². The van der Waals surface area contributed by atoms with Crippen LogP contribution in [-0.2, 0) is 6.42 Å². The van der Waals surface area contributed by atoms with E-state index < -0.39 is 0 Å². The molecule has 0 aliphatic rings. The summed E-state index contributed by atoms with van der Waals surface area (Å²) in [6.07, 6.45) is 2.13. The number of carbonyl (C=O) groups is 1. The zero-order valence-electron chi connectivity index (χ0n) is 16.9. The van der Waals surface area contributed by atoms with Crippen molar-refractivity contribution in [2.45, 2.75) is 13.3 Å².